The van der Waals surface area contributed by atoms with Crippen molar-refractivity contribution in [3.63, 3.8) is 0 Å². The molecule has 0 aliphatic carbocycles. The molecule has 2 aromatic carbocycles. The molecule has 0 aromatic heterocycles. The van der Waals surface area contributed by atoms with Crippen molar-refractivity contribution < 1.29 is 33.3 Å². The molecule has 1 aliphatic rings. The molecule has 0 atom stereocenters. The van der Waals surface area contributed by atoms with Crippen molar-refractivity contribution in [2.24, 2.45) is 0 Å². The first-order valence-corrected chi connectivity index (χ1v) is 11.2. The van der Waals surface area contributed by atoms with E-state index in [2.05, 4.69) is 34.5 Å². The first kappa shape index (κ1) is 25.4. The van der Waals surface area contributed by atoms with Crippen LogP contribution in [0.5, 0.6) is 23.0 Å². The fraction of sp³-hybridized carbons (Fsp3) is 0.174. The first-order chi connectivity index (χ1) is 16.2. The van der Waals surface area contributed by atoms with Gasteiger partial charge < -0.3 is 18.9 Å². The molecule has 1 fully saturated rings. The minimum Gasteiger partial charge on any atom is -0.495 e. The number of amides is 4. The van der Waals surface area contributed by atoms with E-state index in [-0.39, 0.29) is 34.4 Å². The lowest BCUT2D eigenvalue weighted by molar-refractivity contribution is -0.122. The number of anilines is 1. The number of carbonyl (C=O) groups is 3. The lowest BCUT2D eigenvalue weighted by Gasteiger charge is -2.28. The molecule has 2 aromatic rings. The van der Waals surface area contributed by atoms with Crippen LogP contribution in [0, 0.1) is 3.57 Å². The molecule has 1 aliphatic heterocycles. The number of carbonyl (C=O) groups excluding carboxylic acids is 3. The van der Waals surface area contributed by atoms with Crippen molar-refractivity contribution in [1.82, 2.24) is 5.32 Å². The zero-order valence-electron chi connectivity index (χ0n) is 18.4. The molecule has 0 spiro atoms. The Labute approximate surface area is 214 Å². The predicted octanol–water partition coefficient (Wildman–Crippen LogP) is 4.20. The molecular weight excluding hydrogens is 579 g/mol. The number of urea groups is 1. The van der Waals surface area contributed by atoms with Crippen molar-refractivity contribution in [3.05, 3.63) is 56.6 Å². The number of hydrogen-bond acceptors (Lipinski definition) is 7. The van der Waals surface area contributed by atoms with Gasteiger partial charge in [0.15, 0.2) is 11.5 Å². The SMILES string of the molecule is C=CCOc1c(I)cc(/C=C2/C(=O)NC(=O)N(c3cc(OC)c(Cl)cc3OC)C2=O)cc1OC. The van der Waals surface area contributed by atoms with Crippen LogP contribution in [0.2, 0.25) is 5.02 Å². The Balaban J connectivity index is 2.08. The lowest BCUT2D eigenvalue weighted by Crippen LogP contribution is -2.54. The minimum absolute atomic E-state index is 0.0602. The van der Waals surface area contributed by atoms with Gasteiger partial charge in [-0.3, -0.25) is 14.9 Å². The van der Waals surface area contributed by atoms with E-state index in [1.54, 1.807) is 18.2 Å². The number of benzene rings is 2. The highest BCUT2D eigenvalue weighted by Crippen LogP contribution is 2.40. The number of rotatable bonds is 8. The summed E-state index contributed by atoms with van der Waals surface area (Å²) in [7, 11) is 4.23. The van der Waals surface area contributed by atoms with Gasteiger partial charge >= 0.3 is 6.03 Å². The largest absolute Gasteiger partial charge is 0.495 e. The zero-order valence-corrected chi connectivity index (χ0v) is 21.4. The third kappa shape index (κ3) is 4.97. The summed E-state index contributed by atoms with van der Waals surface area (Å²) < 4.78 is 22.2. The summed E-state index contributed by atoms with van der Waals surface area (Å²) in [5, 5.41) is 2.40. The van der Waals surface area contributed by atoms with Gasteiger partial charge in [-0.2, -0.15) is 0 Å². The molecule has 9 nitrogen and oxygen atoms in total. The summed E-state index contributed by atoms with van der Waals surface area (Å²) in [5.74, 6) is -0.428. The van der Waals surface area contributed by atoms with Gasteiger partial charge in [0, 0.05) is 12.1 Å². The molecule has 3 rings (SSSR count). The Bertz CT molecular complexity index is 1210. The standard InChI is InChI=1S/C23H20ClIN2O7/c1-5-6-34-20-15(25)8-12(9-19(20)33-4)7-13-21(28)26-23(30)27(22(13)29)16-11-17(31-2)14(24)10-18(16)32-3/h5,7-11H,1,6H2,2-4H3,(H,26,28,30)/b13-7-. The molecule has 0 unspecified atom stereocenters. The van der Waals surface area contributed by atoms with E-state index < -0.39 is 17.8 Å². The topological polar surface area (TPSA) is 103 Å². The number of nitrogens with one attached hydrogen (secondary N) is 1. The molecule has 0 radical (unpaired) electrons. The van der Waals surface area contributed by atoms with Crippen LogP contribution in [0.15, 0.2) is 42.5 Å². The second-order valence-corrected chi connectivity index (χ2v) is 8.32. The monoisotopic (exact) mass is 598 g/mol. The molecule has 0 saturated carbocycles. The van der Waals surface area contributed by atoms with Gasteiger partial charge in [-0.05, 0) is 46.4 Å². The van der Waals surface area contributed by atoms with E-state index in [9.17, 15) is 14.4 Å². The smallest absolute Gasteiger partial charge is 0.336 e. The number of hydrogen-bond donors (Lipinski definition) is 1. The average Bonchev–Trinajstić information content (AvgIpc) is 2.81. The first-order valence-electron chi connectivity index (χ1n) is 9.69. The average molecular weight is 599 g/mol. The molecule has 11 heteroatoms. The Kier molecular flexibility index (Phi) is 8.05. The summed E-state index contributed by atoms with van der Waals surface area (Å²) in [4.78, 5) is 39.3. The number of imide groups is 2. The van der Waals surface area contributed by atoms with Crippen LogP contribution in [0.1, 0.15) is 5.56 Å². The van der Waals surface area contributed by atoms with Gasteiger partial charge in [0.05, 0.1) is 35.6 Å². The summed E-state index contributed by atoms with van der Waals surface area (Å²) in [6.45, 7) is 3.90. The summed E-state index contributed by atoms with van der Waals surface area (Å²) in [6, 6.07) is 5.17. The molecule has 0 bridgehead atoms. The van der Waals surface area contributed by atoms with Crippen molar-refractivity contribution in [2.45, 2.75) is 0 Å². The summed E-state index contributed by atoms with van der Waals surface area (Å²) in [6.07, 6.45) is 2.96. The normalized spacial score (nSPS) is 14.7. The van der Waals surface area contributed by atoms with Gasteiger partial charge in [-0.1, -0.05) is 24.3 Å². The highest BCUT2D eigenvalue weighted by atomic mass is 127. The van der Waals surface area contributed by atoms with E-state index in [0.717, 1.165) is 4.90 Å². The second kappa shape index (κ2) is 10.8. The maximum atomic E-state index is 13.3. The molecule has 1 heterocycles. The highest BCUT2D eigenvalue weighted by molar-refractivity contribution is 14.1. The Morgan fingerprint density at radius 2 is 1.71 bits per heavy atom. The van der Waals surface area contributed by atoms with E-state index >= 15 is 0 Å². The third-order valence-corrected chi connectivity index (χ3v) is 5.80. The zero-order chi connectivity index (χ0) is 25.0. The minimum atomic E-state index is -0.935. The fourth-order valence-electron chi connectivity index (χ4n) is 3.17. The maximum absolute atomic E-state index is 13.3. The lowest BCUT2D eigenvalue weighted by atomic mass is 10.1. The third-order valence-electron chi connectivity index (χ3n) is 4.70. The Hall–Kier alpha value is -3.25. The fourth-order valence-corrected chi connectivity index (χ4v) is 4.18. The summed E-state index contributed by atoms with van der Waals surface area (Å²) in [5.41, 5.74) is 0.277. The van der Waals surface area contributed by atoms with Crippen molar-refractivity contribution >= 4 is 63.8 Å². The quantitative estimate of drug-likeness (QED) is 0.210. The molecule has 34 heavy (non-hydrogen) atoms. The van der Waals surface area contributed by atoms with Crippen molar-refractivity contribution in [1.29, 1.82) is 0 Å². The molecule has 1 saturated heterocycles. The number of barbiturate groups is 1. The number of methoxy groups -OCH3 is 3. The Morgan fingerprint density at radius 1 is 1.03 bits per heavy atom. The van der Waals surface area contributed by atoms with E-state index in [1.165, 1.54) is 39.5 Å². The molecular formula is C23H20ClIN2O7. The van der Waals surface area contributed by atoms with E-state index in [0.29, 0.717) is 20.6 Å². The van der Waals surface area contributed by atoms with Crippen LogP contribution in [0.3, 0.4) is 0 Å². The number of nitrogens with zero attached hydrogens (tertiary/aromatic N) is 1. The van der Waals surface area contributed by atoms with Crippen molar-refractivity contribution in [3.8, 4) is 23.0 Å². The summed E-state index contributed by atoms with van der Waals surface area (Å²) >= 11 is 8.19. The van der Waals surface area contributed by atoms with Gasteiger partial charge in [0.1, 0.15) is 23.7 Å². The van der Waals surface area contributed by atoms with Crippen molar-refractivity contribution in [2.75, 3.05) is 32.8 Å². The highest BCUT2D eigenvalue weighted by Gasteiger charge is 2.38. The number of ether oxygens (including phenoxy) is 4. The van der Waals surface area contributed by atoms with Gasteiger partial charge in [-0.25, -0.2) is 9.69 Å². The Morgan fingerprint density at radius 3 is 2.32 bits per heavy atom. The molecule has 178 valence electrons. The molecule has 1 N–H and O–H groups in total. The van der Waals surface area contributed by atoms with Crippen LogP contribution < -0.4 is 29.2 Å². The van der Waals surface area contributed by atoms with Crippen LogP contribution >= 0.6 is 34.2 Å². The predicted molar refractivity (Wildman–Crippen MR) is 135 cm³/mol. The van der Waals surface area contributed by atoms with Crippen LogP contribution in [-0.2, 0) is 9.59 Å². The second-order valence-electron chi connectivity index (χ2n) is 6.75. The molecule has 4 amide bonds. The van der Waals surface area contributed by atoms with Gasteiger partial charge in [0.2, 0.25) is 0 Å². The van der Waals surface area contributed by atoms with Crippen LogP contribution in [-0.4, -0.2) is 45.8 Å². The van der Waals surface area contributed by atoms with E-state index in [4.69, 9.17) is 30.5 Å². The van der Waals surface area contributed by atoms with Crippen LogP contribution in [0.4, 0.5) is 10.5 Å². The van der Waals surface area contributed by atoms with Gasteiger partial charge in [0.25, 0.3) is 11.8 Å². The van der Waals surface area contributed by atoms with Gasteiger partial charge in [-0.15, -0.1) is 0 Å². The van der Waals surface area contributed by atoms with Crippen LogP contribution in [0.25, 0.3) is 6.08 Å². The maximum Gasteiger partial charge on any atom is 0.336 e. The van der Waals surface area contributed by atoms with E-state index in [1.807, 2.05) is 0 Å². The number of halogens is 2.